The average molecular weight is 276 g/mol. The number of carbonyl (C=O) groups is 1. The third-order valence-electron chi connectivity index (χ3n) is 4.16. The van der Waals surface area contributed by atoms with Gasteiger partial charge >= 0.3 is 0 Å². The largest absolute Gasteiger partial charge is 0.508 e. The van der Waals surface area contributed by atoms with Crippen LogP contribution in [0.1, 0.15) is 38.2 Å². The van der Waals surface area contributed by atoms with Crippen molar-refractivity contribution in [3.8, 4) is 5.75 Å². The molecule has 0 saturated heterocycles. The Labute approximate surface area is 120 Å². The Balaban J connectivity index is 2.02. The Morgan fingerprint density at radius 2 is 2.10 bits per heavy atom. The summed E-state index contributed by atoms with van der Waals surface area (Å²) < 4.78 is 0. The molecule has 4 nitrogen and oxygen atoms in total. The molecule has 0 aliphatic heterocycles. The SMILES string of the molecule is CC1CCCC(N)(C(=O)N(C)Cc2ccc(O)cc2)C1. The van der Waals surface area contributed by atoms with E-state index in [0.29, 0.717) is 12.5 Å². The second-order valence-electron chi connectivity index (χ2n) is 6.19. The van der Waals surface area contributed by atoms with E-state index in [9.17, 15) is 9.90 Å². The third-order valence-corrected chi connectivity index (χ3v) is 4.16. The maximum absolute atomic E-state index is 12.6. The van der Waals surface area contributed by atoms with Gasteiger partial charge in [-0.25, -0.2) is 0 Å². The first kappa shape index (κ1) is 14.9. The minimum Gasteiger partial charge on any atom is -0.508 e. The van der Waals surface area contributed by atoms with Gasteiger partial charge in [0.2, 0.25) is 5.91 Å². The fourth-order valence-corrected chi connectivity index (χ4v) is 3.11. The van der Waals surface area contributed by atoms with E-state index in [1.165, 1.54) is 0 Å². The number of hydrogen-bond acceptors (Lipinski definition) is 3. The van der Waals surface area contributed by atoms with E-state index in [1.54, 1.807) is 24.1 Å². The molecular weight excluding hydrogens is 252 g/mol. The molecule has 1 saturated carbocycles. The van der Waals surface area contributed by atoms with Gasteiger partial charge in [-0.2, -0.15) is 0 Å². The summed E-state index contributed by atoms with van der Waals surface area (Å²) in [6.07, 6.45) is 3.73. The third kappa shape index (κ3) is 3.31. The first-order valence-corrected chi connectivity index (χ1v) is 7.23. The molecule has 2 atom stereocenters. The quantitative estimate of drug-likeness (QED) is 0.890. The predicted octanol–water partition coefficient (Wildman–Crippen LogP) is 2.26. The fourth-order valence-electron chi connectivity index (χ4n) is 3.11. The number of benzene rings is 1. The zero-order valence-electron chi connectivity index (χ0n) is 12.3. The highest BCUT2D eigenvalue weighted by atomic mass is 16.3. The molecule has 1 aliphatic carbocycles. The normalized spacial score (nSPS) is 26.2. The molecule has 0 spiro atoms. The standard InChI is InChI=1S/C16H24N2O2/c1-12-4-3-9-16(17,10-12)15(20)18(2)11-13-5-7-14(19)8-6-13/h5-8,12,19H,3-4,9-11,17H2,1-2H3. The van der Waals surface area contributed by atoms with Crippen molar-refractivity contribution in [2.75, 3.05) is 7.05 Å². The lowest BCUT2D eigenvalue weighted by atomic mass is 9.76. The van der Waals surface area contributed by atoms with Crippen molar-refractivity contribution in [2.24, 2.45) is 11.7 Å². The lowest BCUT2D eigenvalue weighted by Crippen LogP contribution is -2.56. The molecule has 3 N–H and O–H groups in total. The zero-order chi connectivity index (χ0) is 14.8. The van der Waals surface area contributed by atoms with Gasteiger partial charge in [0, 0.05) is 13.6 Å². The maximum Gasteiger partial charge on any atom is 0.242 e. The second kappa shape index (κ2) is 5.83. The van der Waals surface area contributed by atoms with E-state index in [2.05, 4.69) is 6.92 Å². The van der Waals surface area contributed by atoms with Crippen LogP contribution >= 0.6 is 0 Å². The van der Waals surface area contributed by atoms with Gasteiger partial charge in [-0.15, -0.1) is 0 Å². The van der Waals surface area contributed by atoms with Crippen LogP contribution in [0.15, 0.2) is 24.3 Å². The average Bonchev–Trinajstić information content (AvgIpc) is 2.40. The topological polar surface area (TPSA) is 66.6 Å². The van der Waals surface area contributed by atoms with Gasteiger partial charge in [0.25, 0.3) is 0 Å². The van der Waals surface area contributed by atoms with Crippen LogP contribution in [0.2, 0.25) is 0 Å². The zero-order valence-corrected chi connectivity index (χ0v) is 12.3. The molecule has 4 heteroatoms. The van der Waals surface area contributed by atoms with Gasteiger partial charge < -0.3 is 15.7 Å². The molecule has 1 amide bonds. The monoisotopic (exact) mass is 276 g/mol. The van der Waals surface area contributed by atoms with E-state index in [4.69, 9.17) is 5.73 Å². The molecule has 1 aromatic carbocycles. The molecule has 1 aromatic rings. The lowest BCUT2D eigenvalue weighted by molar-refractivity contribution is -0.138. The van der Waals surface area contributed by atoms with Crippen LogP contribution in [-0.2, 0) is 11.3 Å². The predicted molar refractivity (Wildman–Crippen MR) is 79.1 cm³/mol. The summed E-state index contributed by atoms with van der Waals surface area (Å²) in [5, 5.41) is 9.27. The summed E-state index contributed by atoms with van der Waals surface area (Å²) >= 11 is 0. The summed E-state index contributed by atoms with van der Waals surface area (Å²) in [6.45, 7) is 2.68. The molecule has 0 aromatic heterocycles. The van der Waals surface area contributed by atoms with Gasteiger partial charge in [0.05, 0.1) is 5.54 Å². The summed E-state index contributed by atoms with van der Waals surface area (Å²) in [5.74, 6) is 0.774. The first-order chi connectivity index (χ1) is 9.40. The van der Waals surface area contributed by atoms with Crippen molar-refractivity contribution in [2.45, 2.75) is 44.7 Å². The highest BCUT2D eigenvalue weighted by Crippen LogP contribution is 2.31. The molecular formula is C16H24N2O2. The van der Waals surface area contributed by atoms with Gasteiger partial charge in [0.15, 0.2) is 0 Å². The molecule has 1 fully saturated rings. The number of rotatable bonds is 3. The molecule has 1 aliphatic rings. The number of likely N-dealkylation sites (N-methyl/N-ethyl adjacent to an activating group) is 1. The van der Waals surface area contributed by atoms with Crippen LogP contribution in [0.5, 0.6) is 5.75 Å². The van der Waals surface area contributed by atoms with Crippen molar-refractivity contribution in [3.05, 3.63) is 29.8 Å². The van der Waals surface area contributed by atoms with Crippen molar-refractivity contribution < 1.29 is 9.90 Å². The highest BCUT2D eigenvalue weighted by Gasteiger charge is 2.39. The van der Waals surface area contributed by atoms with Crippen molar-refractivity contribution in [3.63, 3.8) is 0 Å². The van der Waals surface area contributed by atoms with Crippen LogP contribution in [0.25, 0.3) is 0 Å². The molecule has 0 bridgehead atoms. The molecule has 20 heavy (non-hydrogen) atoms. The Morgan fingerprint density at radius 1 is 1.45 bits per heavy atom. The number of phenolic OH excluding ortho intramolecular Hbond substituents is 1. The number of nitrogens with zero attached hydrogens (tertiary/aromatic N) is 1. The van der Waals surface area contributed by atoms with Crippen LogP contribution < -0.4 is 5.73 Å². The Hall–Kier alpha value is -1.55. The van der Waals surface area contributed by atoms with Gasteiger partial charge in [-0.05, 0) is 36.5 Å². The summed E-state index contributed by atoms with van der Waals surface area (Å²) in [7, 11) is 1.79. The van der Waals surface area contributed by atoms with E-state index in [1.807, 2.05) is 12.1 Å². The van der Waals surface area contributed by atoms with Crippen LogP contribution in [0.4, 0.5) is 0 Å². The molecule has 2 rings (SSSR count). The summed E-state index contributed by atoms with van der Waals surface area (Å²) in [6, 6.07) is 6.92. The van der Waals surface area contributed by atoms with Crippen molar-refractivity contribution in [1.82, 2.24) is 4.90 Å². The maximum atomic E-state index is 12.6. The Bertz CT molecular complexity index is 472. The fraction of sp³-hybridized carbons (Fsp3) is 0.562. The lowest BCUT2D eigenvalue weighted by Gasteiger charge is -2.38. The molecule has 110 valence electrons. The second-order valence-corrected chi connectivity index (χ2v) is 6.19. The molecule has 0 radical (unpaired) electrons. The van der Waals surface area contributed by atoms with Crippen molar-refractivity contribution >= 4 is 5.91 Å². The summed E-state index contributed by atoms with van der Waals surface area (Å²) in [4.78, 5) is 14.3. The van der Waals surface area contributed by atoms with Gasteiger partial charge in [-0.3, -0.25) is 4.79 Å². The number of nitrogens with two attached hydrogens (primary N) is 1. The number of phenols is 1. The Kier molecular flexibility index (Phi) is 4.33. The molecule has 2 unspecified atom stereocenters. The summed E-state index contributed by atoms with van der Waals surface area (Å²) in [5.41, 5.74) is 6.63. The van der Waals surface area contributed by atoms with E-state index < -0.39 is 5.54 Å². The van der Waals surface area contributed by atoms with Gasteiger partial charge in [0.1, 0.15) is 5.75 Å². The highest BCUT2D eigenvalue weighted by molar-refractivity contribution is 5.86. The Morgan fingerprint density at radius 3 is 2.70 bits per heavy atom. The van der Waals surface area contributed by atoms with Crippen LogP contribution in [0.3, 0.4) is 0 Å². The molecule has 0 heterocycles. The van der Waals surface area contributed by atoms with Crippen LogP contribution in [-0.4, -0.2) is 28.5 Å². The van der Waals surface area contributed by atoms with E-state index in [-0.39, 0.29) is 11.7 Å². The van der Waals surface area contributed by atoms with E-state index in [0.717, 1.165) is 31.2 Å². The smallest absolute Gasteiger partial charge is 0.242 e. The minimum absolute atomic E-state index is 0.0251. The number of hydrogen-bond donors (Lipinski definition) is 2. The van der Waals surface area contributed by atoms with Crippen molar-refractivity contribution in [1.29, 1.82) is 0 Å². The number of carbonyl (C=O) groups excluding carboxylic acids is 1. The number of aromatic hydroxyl groups is 1. The van der Waals surface area contributed by atoms with Gasteiger partial charge in [-0.1, -0.05) is 31.9 Å². The number of amides is 1. The first-order valence-electron chi connectivity index (χ1n) is 7.23. The van der Waals surface area contributed by atoms with E-state index >= 15 is 0 Å². The minimum atomic E-state index is -0.705. The van der Waals surface area contributed by atoms with Crippen LogP contribution in [0, 0.1) is 5.92 Å².